The number of carbonyl (C=O) groups excluding carboxylic acids is 1. The summed E-state index contributed by atoms with van der Waals surface area (Å²) in [6.07, 6.45) is -0.765. The highest BCUT2D eigenvalue weighted by atomic mass is 32.2. The van der Waals surface area contributed by atoms with Gasteiger partial charge in [0.05, 0.1) is 12.5 Å². The fourth-order valence-corrected chi connectivity index (χ4v) is 2.95. The van der Waals surface area contributed by atoms with Gasteiger partial charge in [-0.3, -0.25) is 4.79 Å². The minimum atomic E-state index is -0.961. The zero-order valence-electron chi connectivity index (χ0n) is 13.1. The number of carboxylic acids is 1. The summed E-state index contributed by atoms with van der Waals surface area (Å²) in [4.78, 5) is 23.9. The Hall–Kier alpha value is -2.47. The van der Waals surface area contributed by atoms with Crippen molar-refractivity contribution >= 4 is 23.8 Å². The average Bonchev–Trinajstić information content (AvgIpc) is 2.59. The van der Waals surface area contributed by atoms with Crippen LogP contribution in [0, 0.1) is 0 Å². The molecule has 1 amide bonds. The summed E-state index contributed by atoms with van der Waals surface area (Å²) in [6, 6.07) is 18.4. The number of amides is 1. The Balaban J connectivity index is 1.83. The van der Waals surface area contributed by atoms with Crippen LogP contribution in [0.2, 0.25) is 0 Å². The van der Waals surface area contributed by atoms with Gasteiger partial charge in [0.1, 0.15) is 6.61 Å². The average molecular weight is 345 g/mol. The number of hydrogen-bond donors (Lipinski definition) is 2. The molecule has 5 nitrogen and oxygen atoms in total. The van der Waals surface area contributed by atoms with E-state index in [1.165, 1.54) is 11.8 Å². The Morgan fingerprint density at radius 3 is 2.29 bits per heavy atom. The van der Waals surface area contributed by atoms with Crippen molar-refractivity contribution in [3.05, 3.63) is 66.2 Å². The molecule has 0 aromatic heterocycles. The largest absolute Gasteiger partial charge is 0.481 e. The third kappa shape index (κ3) is 6.75. The smallest absolute Gasteiger partial charge is 0.407 e. The Bertz CT molecular complexity index is 649. The van der Waals surface area contributed by atoms with Crippen LogP contribution >= 0.6 is 11.8 Å². The van der Waals surface area contributed by atoms with Crippen molar-refractivity contribution in [3.63, 3.8) is 0 Å². The first-order chi connectivity index (χ1) is 11.6. The second kappa shape index (κ2) is 9.62. The molecule has 0 spiro atoms. The summed E-state index contributed by atoms with van der Waals surface area (Å²) in [6.45, 7) is 0.151. The van der Waals surface area contributed by atoms with Crippen LogP contribution in [-0.2, 0) is 16.1 Å². The molecule has 126 valence electrons. The highest BCUT2D eigenvalue weighted by molar-refractivity contribution is 7.99. The van der Waals surface area contributed by atoms with Crippen molar-refractivity contribution in [1.82, 2.24) is 5.32 Å². The molecule has 2 N–H and O–H groups in total. The van der Waals surface area contributed by atoms with Gasteiger partial charge in [-0.05, 0) is 17.7 Å². The highest BCUT2D eigenvalue weighted by Crippen LogP contribution is 2.19. The molecular formula is C18H19NO4S. The lowest BCUT2D eigenvalue weighted by Gasteiger charge is -2.16. The van der Waals surface area contributed by atoms with E-state index in [2.05, 4.69) is 5.32 Å². The number of benzene rings is 2. The van der Waals surface area contributed by atoms with Crippen LogP contribution in [0.15, 0.2) is 65.6 Å². The Morgan fingerprint density at radius 2 is 1.67 bits per heavy atom. The summed E-state index contributed by atoms with van der Waals surface area (Å²) in [5.41, 5.74) is 0.876. The summed E-state index contributed by atoms with van der Waals surface area (Å²) in [5, 5.41) is 11.6. The van der Waals surface area contributed by atoms with Crippen LogP contribution in [0.5, 0.6) is 0 Å². The number of nitrogens with one attached hydrogen (secondary N) is 1. The summed E-state index contributed by atoms with van der Waals surface area (Å²) >= 11 is 1.49. The maximum absolute atomic E-state index is 11.9. The number of aliphatic carboxylic acids is 1. The second-order valence-electron chi connectivity index (χ2n) is 5.12. The number of carbonyl (C=O) groups is 2. The molecule has 0 saturated heterocycles. The molecule has 0 heterocycles. The minimum Gasteiger partial charge on any atom is -0.481 e. The van der Waals surface area contributed by atoms with Gasteiger partial charge in [0, 0.05) is 10.6 Å². The van der Waals surface area contributed by atoms with Crippen LogP contribution in [0.1, 0.15) is 12.0 Å². The SMILES string of the molecule is O=C(O)C[C@H](CSc1ccccc1)NC(=O)OCc1ccccc1. The zero-order valence-corrected chi connectivity index (χ0v) is 13.9. The Kier molecular flexibility index (Phi) is 7.17. The van der Waals surface area contributed by atoms with Gasteiger partial charge in [-0.25, -0.2) is 4.79 Å². The lowest BCUT2D eigenvalue weighted by molar-refractivity contribution is -0.137. The molecule has 0 radical (unpaired) electrons. The molecule has 0 aliphatic heterocycles. The first-order valence-electron chi connectivity index (χ1n) is 7.50. The van der Waals surface area contributed by atoms with Gasteiger partial charge in [-0.15, -0.1) is 11.8 Å². The number of alkyl carbamates (subject to hydrolysis) is 1. The first kappa shape index (κ1) is 17.9. The highest BCUT2D eigenvalue weighted by Gasteiger charge is 2.17. The van der Waals surface area contributed by atoms with E-state index in [1.54, 1.807) is 0 Å². The van der Waals surface area contributed by atoms with E-state index >= 15 is 0 Å². The molecule has 0 aliphatic rings. The molecular weight excluding hydrogens is 326 g/mol. The van der Waals surface area contributed by atoms with E-state index < -0.39 is 18.1 Å². The molecule has 24 heavy (non-hydrogen) atoms. The lowest BCUT2D eigenvalue weighted by Crippen LogP contribution is -2.38. The molecule has 2 aromatic carbocycles. The van der Waals surface area contributed by atoms with Crippen LogP contribution < -0.4 is 5.32 Å². The summed E-state index contributed by atoms with van der Waals surface area (Å²) in [5.74, 6) is -0.506. The van der Waals surface area contributed by atoms with Gasteiger partial charge < -0.3 is 15.2 Å². The van der Waals surface area contributed by atoms with Gasteiger partial charge in [0.15, 0.2) is 0 Å². The second-order valence-corrected chi connectivity index (χ2v) is 6.22. The molecule has 0 saturated carbocycles. The predicted molar refractivity (Wildman–Crippen MR) is 93.0 cm³/mol. The number of thioether (sulfide) groups is 1. The number of carboxylic acid groups (broad SMARTS) is 1. The lowest BCUT2D eigenvalue weighted by atomic mass is 10.2. The number of rotatable bonds is 8. The number of hydrogen-bond acceptors (Lipinski definition) is 4. The maximum Gasteiger partial charge on any atom is 0.407 e. The molecule has 6 heteroatoms. The standard InChI is InChI=1S/C18H19NO4S/c20-17(21)11-15(13-24-16-9-5-2-6-10-16)19-18(22)23-12-14-7-3-1-4-8-14/h1-10,15H,11-13H2,(H,19,22)(H,20,21)/t15-/m1/s1. The van der Waals surface area contributed by atoms with E-state index in [1.807, 2.05) is 60.7 Å². The summed E-state index contributed by atoms with van der Waals surface area (Å²) in [7, 11) is 0. The third-order valence-electron chi connectivity index (χ3n) is 3.15. The molecule has 1 atom stereocenters. The van der Waals surface area contributed by atoms with Crippen molar-refractivity contribution in [3.8, 4) is 0 Å². The van der Waals surface area contributed by atoms with Gasteiger partial charge in [-0.2, -0.15) is 0 Å². The fraction of sp³-hybridized carbons (Fsp3) is 0.222. The third-order valence-corrected chi connectivity index (χ3v) is 4.32. The van der Waals surface area contributed by atoms with Crippen molar-refractivity contribution in [2.45, 2.75) is 24.0 Å². The maximum atomic E-state index is 11.9. The van der Waals surface area contributed by atoms with E-state index in [9.17, 15) is 9.59 Å². The molecule has 0 unspecified atom stereocenters. The van der Waals surface area contributed by atoms with Gasteiger partial charge >= 0.3 is 12.1 Å². The van der Waals surface area contributed by atoms with Crippen LogP contribution in [0.25, 0.3) is 0 Å². The number of ether oxygens (including phenoxy) is 1. The van der Waals surface area contributed by atoms with E-state index in [4.69, 9.17) is 9.84 Å². The Labute approximate surface area is 145 Å². The van der Waals surface area contributed by atoms with Crippen LogP contribution in [-0.4, -0.2) is 29.0 Å². The monoisotopic (exact) mass is 345 g/mol. The van der Waals surface area contributed by atoms with Crippen LogP contribution in [0.4, 0.5) is 4.79 Å². The summed E-state index contributed by atoms with van der Waals surface area (Å²) < 4.78 is 5.14. The van der Waals surface area contributed by atoms with Crippen molar-refractivity contribution in [1.29, 1.82) is 0 Å². The molecule has 0 bridgehead atoms. The van der Waals surface area contributed by atoms with Gasteiger partial charge in [0.25, 0.3) is 0 Å². The van der Waals surface area contributed by atoms with Gasteiger partial charge in [0.2, 0.25) is 0 Å². The van der Waals surface area contributed by atoms with Crippen molar-refractivity contribution < 1.29 is 19.4 Å². The minimum absolute atomic E-state index is 0.151. The Morgan fingerprint density at radius 1 is 1.04 bits per heavy atom. The molecule has 2 rings (SSSR count). The van der Waals surface area contributed by atoms with Crippen LogP contribution in [0.3, 0.4) is 0 Å². The van der Waals surface area contributed by atoms with Gasteiger partial charge in [-0.1, -0.05) is 48.5 Å². The van der Waals surface area contributed by atoms with E-state index in [0.29, 0.717) is 5.75 Å². The zero-order chi connectivity index (χ0) is 17.2. The molecule has 0 fully saturated rings. The molecule has 2 aromatic rings. The topological polar surface area (TPSA) is 75.6 Å². The predicted octanol–water partition coefficient (Wildman–Crippen LogP) is 3.55. The van der Waals surface area contributed by atoms with E-state index in [-0.39, 0.29) is 13.0 Å². The first-order valence-corrected chi connectivity index (χ1v) is 8.49. The van der Waals surface area contributed by atoms with Crippen molar-refractivity contribution in [2.75, 3.05) is 5.75 Å². The fourth-order valence-electron chi connectivity index (χ4n) is 2.01. The van der Waals surface area contributed by atoms with E-state index in [0.717, 1.165) is 10.5 Å². The quantitative estimate of drug-likeness (QED) is 0.716. The molecule has 0 aliphatic carbocycles. The van der Waals surface area contributed by atoms with Crippen molar-refractivity contribution in [2.24, 2.45) is 0 Å². The normalized spacial score (nSPS) is 11.5.